The van der Waals surface area contributed by atoms with Gasteiger partial charge in [0.05, 0.1) is 10.4 Å². The highest BCUT2D eigenvalue weighted by molar-refractivity contribution is 7.91. The van der Waals surface area contributed by atoms with Gasteiger partial charge in [-0.05, 0) is 25.1 Å². The van der Waals surface area contributed by atoms with Gasteiger partial charge in [0.1, 0.15) is 17.4 Å². The predicted molar refractivity (Wildman–Crippen MR) is 72.5 cm³/mol. The number of aliphatic hydroxyl groups is 1. The summed E-state index contributed by atoms with van der Waals surface area (Å²) in [5, 5.41) is 9.98. The fraction of sp³-hybridized carbons (Fsp3) is 0.417. The zero-order chi connectivity index (χ0) is 14.2. The molecule has 0 radical (unpaired) electrons. The molecule has 19 heavy (non-hydrogen) atoms. The Morgan fingerprint density at radius 2 is 2.16 bits per heavy atom. The van der Waals surface area contributed by atoms with Crippen molar-refractivity contribution >= 4 is 20.9 Å². The summed E-state index contributed by atoms with van der Waals surface area (Å²) in [6.45, 7) is 0.337. The highest BCUT2D eigenvalue weighted by Gasteiger charge is 2.20. The number of nitrogens with zero attached hydrogens (tertiary/aromatic N) is 2. The predicted octanol–water partition coefficient (Wildman–Crippen LogP) is 0.359. The lowest BCUT2D eigenvalue weighted by Gasteiger charge is -2.08. The maximum Gasteiger partial charge on any atom is 0.177 e. The fourth-order valence-electron chi connectivity index (χ4n) is 2.09. The van der Waals surface area contributed by atoms with Crippen LogP contribution in [-0.4, -0.2) is 35.9 Å². The van der Waals surface area contributed by atoms with Crippen LogP contribution in [0, 0.1) is 0 Å². The summed E-state index contributed by atoms with van der Waals surface area (Å²) in [6, 6.07) is 4.96. The van der Waals surface area contributed by atoms with Crippen LogP contribution in [-0.2, 0) is 16.9 Å². The Morgan fingerprint density at radius 1 is 1.47 bits per heavy atom. The van der Waals surface area contributed by atoms with E-state index in [-0.39, 0.29) is 4.90 Å². The standard InChI is InChI=1S/C12H17N3O3S/c1-15-8-4-3-5-10(19(2,17)18)11(8)14-12(15)9(16)6-7-13/h3-5,9,16H,6-7,13H2,1-2H3. The molecule has 0 saturated heterocycles. The molecule has 2 rings (SSSR count). The van der Waals surface area contributed by atoms with Gasteiger partial charge in [-0.15, -0.1) is 0 Å². The number of sulfone groups is 1. The molecule has 6 nitrogen and oxygen atoms in total. The molecule has 0 amide bonds. The van der Waals surface area contributed by atoms with Crippen LogP contribution < -0.4 is 5.73 Å². The van der Waals surface area contributed by atoms with Gasteiger partial charge in [-0.3, -0.25) is 0 Å². The average molecular weight is 283 g/mol. The summed E-state index contributed by atoms with van der Waals surface area (Å²) in [5.41, 5.74) is 6.48. The van der Waals surface area contributed by atoms with E-state index in [0.717, 1.165) is 6.26 Å². The van der Waals surface area contributed by atoms with Gasteiger partial charge < -0.3 is 15.4 Å². The summed E-state index contributed by atoms with van der Waals surface area (Å²) in [7, 11) is -1.61. The third-order valence-corrected chi connectivity index (χ3v) is 4.18. The van der Waals surface area contributed by atoms with Gasteiger partial charge >= 0.3 is 0 Å². The Hall–Kier alpha value is -1.44. The molecule has 1 aromatic carbocycles. The Bertz CT molecular complexity index is 706. The normalized spacial score (nSPS) is 13.9. The highest BCUT2D eigenvalue weighted by Crippen LogP contribution is 2.26. The van der Waals surface area contributed by atoms with Crippen LogP contribution in [0.1, 0.15) is 18.3 Å². The molecule has 0 saturated carbocycles. The summed E-state index contributed by atoms with van der Waals surface area (Å²) in [5.74, 6) is 0.427. The lowest BCUT2D eigenvalue weighted by Crippen LogP contribution is -2.11. The van der Waals surface area contributed by atoms with E-state index in [1.165, 1.54) is 6.07 Å². The Labute approximate surface area is 111 Å². The first-order chi connectivity index (χ1) is 8.86. The van der Waals surface area contributed by atoms with E-state index in [4.69, 9.17) is 5.73 Å². The minimum absolute atomic E-state index is 0.173. The molecule has 3 N–H and O–H groups in total. The molecule has 0 spiro atoms. The molecule has 0 aliphatic heterocycles. The van der Waals surface area contributed by atoms with Crippen molar-refractivity contribution in [2.45, 2.75) is 17.4 Å². The van der Waals surface area contributed by atoms with Crippen molar-refractivity contribution in [2.24, 2.45) is 12.8 Å². The molecule has 104 valence electrons. The number of rotatable bonds is 4. The largest absolute Gasteiger partial charge is 0.385 e. The number of aliphatic hydroxyl groups excluding tert-OH is 1. The van der Waals surface area contributed by atoms with E-state index < -0.39 is 15.9 Å². The van der Waals surface area contributed by atoms with Crippen LogP contribution in [0.15, 0.2) is 23.1 Å². The molecule has 0 fully saturated rings. The van der Waals surface area contributed by atoms with Crippen molar-refractivity contribution < 1.29 is 13.5 Å². The maximum absolute atomic E-state index is 11.7. The van der Waals surface area contributed by atoms with Gasteiger partial charge in [-0.1, -0.05) is 6.07 Å². The summed E-state index contributed by atoms with van der Waals surface area (Å²) < 4.78 is 25.2. The number of aromatic nitrogens is 2. The number of imidazole rings is 1. The number of aryl methyl sites for hydroxylation is 1. The molecule has 1 atom stereocenters. The van der Waals surface area contributed by atoms with Crippen molar-refractivity contribution in [3.63, 3.8) is 0 Å². The molecular weight excluding hydrogens is 266 g/mol. The van der Waals surface area contributed by atoms with Crippen molar-refractivity contribution in [3.05, 3.63) is 24.0 Å². The van der Waals surface area contributed by atoms with Crippen molar-refractivity contribution in [1.82, 2.24) is 9.55 Å². The van der Waals surface area contributed by atoms with E-state index in [2.05, 4.69) is 4.98 Å². The number of hydrogen-bond donors (Lipinski definition) is 2. The highest BCUT2D eigenvalue weighted by atomic mass is 32.2. The second kappa shape index (κ2) is 4.92. The van der Waals surface area contributed by atoms with Crippen molar-refractivity contribution in [3.8, 4) is 0 Å². The summed E-state index contributed by atoms with van der Waals surface area (Å²) in [4.78, 5) is 4.45. The lowest BCUT2D eigenvalue weighted by molar-refractivity contribution is 0.157. The van der Waals surface area contributed by atoms with Crippen LogP contribution in [0.2, 0.25) is 0 Å². The molecule has 1 aromatic heterocycles. The molecular formula is C12H17N3O3S. The molecule has 0 bridgehead atoms. The maximum atomic E-state index is 11.7. The second-order valence-corrected chi connectivity index (χ2v) is 6.50. The van der Waals surface area contributed by atoms with E-state index in [0.29, 0.717) is 29.8 Å². The van der Waals surface area contributed by atoms with E-state index in [1.54, 1.807) is 23.7 Å². The third kappa shape index (κ3) is 2.49. The number of nitrogens with two attached hydrogens (primary N) is 1. The summed E-state index contributed by atoms with van der Waals surface area (Å²) >= 11 is 0. The first kappa shape index (κ1) is 14.0. The van der Waals surface area contributed by atoms with E-state index >= 15 is 0 Å². The molecule has 0 aliphatic carbocycles. The molecule has 1 unspecified atom stereocenters. The SMILES string of the molecule is Cn1c(C(O)CCN)nc2c(S(C)(=O)=O)cccc21. The van der Waals surface area contributed by atoms with Crippen LogP contribution >= 0.6 is 0 Å². The molecule has 1 heterocycles. The number of hydrogen-bond acceptors (Lipinski definition) is 5. The van der Waals surface area contributed by atoms with Crippen molar-refractivity contribution in [2.75, 3.05) is 12.8 Å². The van der Waals surface area contributed by atoms with E-state index in [1.807, 2.05) is 0 Å². The van der Waals surface area contributed by atoms with Gasteiger partial charge in [0.2, 0.25) is 0 Å². The van der Waals surface area contributed by atoms with Gasteiger partial charge in [0, 0.05) is 13.3 Å². The van der Waals surface area contributed by atoms with Crippen LogP contribution in [0.4, 0.5) is 0 Å². The lowest BCUT2D eigenvalue weighted by atomic mass is 10.2. The Balaban J connectivity index is 2.70. The molecule has 2 aromatic rings. The quantitative estimate of drug-likeness (QED) is 0.844. The fourth-order valence-corrected chi connectivity index (χ4v) is 2.92. The second-order valence-electron chi connectivity index (χ2n) is 4.52. The first-order valence-corrected chi connectivity index (χ1v) is 7.79. The number of fused-ring (bicyclic) bond motifs is 1. The number of para-hydroxylation sites is 1. The van der Waals surface area contributed by atoms with Crippen LogP contribution in [0.3, 0.4) is 0 Å². The van der Waals surface area contributed by atoms with Gasteiger partial charge in [-0.2, -0.15) is 0 Å². The number of benzene rings is 1. The smallest absolute Gasteiger partial charge is 0.177 e. The zero-order valence-electron chi connectivity index (χ0n) is 10.9. The van der Waals surface area contributed by atoms with Gasteiger partial charge in [0.25, 0.3) is 0 Å². The molecule has 7 heteroatoms. The average Bonchev–Trinajstić information content (AvgIpc) is 2.66. The van der Waals surface area contributed by atoms with Gasteiger partial charge in [-0.25, -0.2) is 13.4 Å². The monoisotopic (exact) mass is 283 g/mol. The van der Waals surface area contributed by atoms with E-state index in [9.17, 15) is 13.5 Å². The Kier molecular flexibility index (Phi) is 3.62. The third-order valence-electron chi connectivity index (χ3n) is 3.05. The zero-order valence-corrected chi connectivity index (χ0v) is 11.7. The minimum Gasteiger partial charge on any atom is -0.385 e. The van der Waals surface area contributed by atoms with Crippen molar-refractivity contribution in [1.29, 1.82) is 0 Å². The minimum atomic E-state index is -3.35. The Morgan fingerprint density at radius 3 is 2.74 bits per heavy atom. The van der Waals surface area contributed by atoms with Crippen LogP contribution in [0.25, 0.3) is 11.0 Å². The topological polar surface area (TPSA) is 98.2 Å². The first-order valence-electron chi connectivity index (χ1n) is 5.89. The molecule has 0 aliphatic rings. The van der Waals surface area contributed by atoms with Gasteiger partial charge in [0.15, 0.2) is 9.84 Å². The summed E-state index contributed by atoms with van der Waals surface area (Å²) in [6.07, 6.45) is 0.729. The van der Waals surface area contributed by atoms with Crippen LogP contribution in [0.5, 0.6) is 0 Å².